The molecule has 0 saturated carbocycles. The number of pyridine rings is 1. The Balaban J connectivity index is 2.97. The minimum absolute atomic E-state index is 0.330. The topological polar surface area (TPSA) is 39.2 Å². The van der Waals surface area contributed by atoms with Crippen molar-refractivity contribution in [1.82, 2.24) is 4.98 Å². The van der Waals surface area contributed by atoms with E-state index in [0.717, 1.165) is 24.3 Å². The maximum atomic E-state index is 15.4. The van der Waals surface area contributed by atoms with Crippen LogP contribution in [0.25, 0.3) is 11.1 Å². The molecule has 3 nitrogen and oxygen atoms in total. The van der Waals surface area contributed by atoms with Crippen molar-refractivity contribution in [3.8, 4) is 11.1 Å². The van der Waals surface area contributed by atoms with E-state index in [9.17, 15) is 61.9 Å². The molecule has 0 spiro atoms. The average Bonchev–Trinajstić information content (AvgIpc) is 2.87. The number of alkyl halides is 15. The van der Waals surface area contributed by atoms with Gasteiger partial charge in [0.2, 0.25) is 0 Å². The van der Waals surface area contributed by atoms with Crippen LogP contribution in [0.5, 0.6) is 0 Å². The lowest BCUT2D eigenvalue weighted by Crippen LogP contribution is -2.72. The van der Waals surface area contributed by atoms with E-state index in [0.29, 0.717) is 6.07 Å². The zero-order valence-corrected chi connectivity index (χ0v) is 21.2. The minimum Gasteiger partial charge on any atom is -0.461 e. The van der Waals surface area contributed by atoms with Crippen LogP contribution < -0.4 is 0 Å². The molecule has 0 N–H and O–H groups in total. The van der Waals surface area contributed by atoms with Gasteiger partial charge in [-0.2, -0.15) is 65.9 Å². The number of benzene rings is 1. The van der Waals surface area contributed by atoms with Crippen molar-refractivity contribution in [3.05, 3.63) is 53.3 Å². The molecule has 0 fully saturated rings. The Bertz CT molecular complexity index is 1290. The molecular weight excluding hydrogens is 619 g/mol. The van der Waals surface area contributed by atoms with Gasteiger partial charge in [0, 0.05) is 5.56 Å². The number of aromatic nitrogens is 1. The Labute approximate surface area is 226 Å². The van der Waals surface area contributed by atoms with Gasteiger partial charge in [-0.25, -0.2) is 9.78 Å². The van der Waals surface area contributed by atoms with Crippen LogP contribution in [-0.4, -0.2) is 53.3 Å². The summed E-state index contributed by atoms with van der Waals surface area (Å²) in [6.45, 7) is 3.35. The molecule has 42 heavy (non-hydrogen) atoms. The maximum Gasteiger partial charge on any atom is 0.460 e. The second-order valence-corrected chi connectivity index (χ2v) is 9.01. The molecule has 236 valence electrons. The van der Waals surface area contributed by atoms with Gasteiger partial charge in [-0.1, -0.05) is 44.2 Å². The smallest absolute Gasteiger partial charge is 0.460 e. The van der Waals surface area contributed by atoms with E-state index in [1.54, 1.807) is 0 Å². The van der Waals surface area contributed by atoms with Crippen molar-refractivity contribution >= 4 is 5.97 Å². The summed E-state index contributed by atoms with van der Waals surface area (Å²) in [7, 11) is 0. The quantitative estimate of drug-likeness (QED) is 0.193. The number of ether oxygens (including phenoxy) is 1. The van der Waals surface area contributed by atoms with Gasteiger partial charge in [0.05, 0.1) is 6.61 Å². The van der Waals surface area contributed by atoms with E-state index >= 15 is 8.78 Å². The van der Waals surface area contributed by atoms with Crippen LogP contribution in [0.4, 0.5) is 65.9 Å². The molecule has 2 aromatic rings. The van der Waals surface area contributed by atoms with Crippen molar-refractivity contribution in [2.75, 3.05) is 6.61 Å². The fourth-order valence-corrected chi connectivity index (χ4v) is 3.52. The van der Waals surface area contributed by atoms with Crippen LogP contribution in [0.15, 0.2) is 36.4 Å². The molecule has 0 aliphatic carbocycles. The lowest BCUT2D eigenvalue weighted by atomic mass is 9.86. The Kier molecular flexibility index (Phi) is 9.00. The van der Waals surface area contributed by atoms with Gasteiger partial charge in [-0.15, -0.1) is 0 Å². The van der Waals surface area contributed by atoms with Crippen LogP contribution in [0, 0.1) is 0 Å². The summed E-state index contributed by atoms with van der Waals surface area (Å²) in [5.41, 5.74) is -5.93. The number of halogens is 15. The molecule has 0 radical (unpaired) electrons. The summed E-state index contributed by atoms with van der Waals surface area (Å²) < 4.78 is 213. The van der Waals surface area contributed by atoms with Gasteiger partial charge in [0.15, 0.2) is 5.69 Å². The highest BCUT2D eigenvalue weighted by atomic mass is 19.4. The Morgan fingerprint density at radius 3 is 1.62 bits per heavy atom. The van der Waals surface area contributed by atoms with E-state index in [4.69, 9.17) is 0 Å². The predicted octanol–water partition coefficient (Wildman–Crippen LogP) is 8.88. The van der Waals surface area contributed by atoms with Gasteiger partial charge in [-0.05, 0) is 30.0 Å². The molecule has 0 amide bonds. The highest BCUT2D eigenvalue weighted by Crippen LogP contribution is 2.64. The molecule has 0 aliphatic rings. The summed E-state index contributed by atoms with van der Waals surface area (Å²) >= 11 is 0. The number of carbonyl (C=O) groups is 1. The first kappa shape index (κ1) is 35.0. The highest BCUT2D eigenvalue weighted by molar-refractivity contribution is 5.90. The molecule has 1 aromatic carbocycles. The molecule has 1 heterocycles. The SMILES string of the molecule is CCOC(=O)c1nc(C(F)(F)C(F)(F)C(F)(F)C(F)(F)C(F)(F)C(F)(F)C(F)(F)F)c(-c2ccccc2)cc1C(C)C. The molecule has 18 heteroatoms. The largest absolute Gasteiger partial charge is 0.461 e. The molecule has 0 bridgehead atoms. The Hall–Kier alpha value is -3.21. The summed E-state index contributed by atoms with van der Waals surface area (Å²) in [6.07, 6.45) is -7.71. The van der Waals surface area contributed by atoms with Gasteiger partial charge in [0.1, 0.15) is 5.69 Å². The van der Waals surface area contributed by atoms with Crippen molar-refractivity contribution in [2.45, 2.75) is 68.4 Å². The number of hydrogen-bond acceptors (Lipinski definition) is 3. The van der Waals surface area contributed by atoms with E-state index in [1.807, 2.05) is 0 Å². The monoisotopic (exact) mass is 637 g/mol. The maximum absolute atomic E-state index is 15.4. The van der Waals surface area contributed by atoms with Gasteiger partial charge in [0.25, 0.3) is 0 Å². The predicted molar refractivity (Wildman–Crippen MR) is 114 cm³/mol. The average molecular weight is 637 g/mol. The standard InChI is InChI=1S/C24H18F15NO2/c1-4-42-17(41)15-13(11(2)3)10-14(12-8-6-5-7-9-12)16(40-15)18(25,26)19(27,28)20(29,30)21(31,32)22(33,34)23(35,36)24(37,38)39/h5-11H,4H2,1-3H3. The van der Waals surface area contributed by atoms with Crippen LogP contribution in [0.2, 0.25) is 0 Å². The third-order valence-electron chi connectivity index (χ3n) is 5.85. The van der Waals surface area contributed by atoms with Crippen LogP contribution >= 0.6 is 0 Å². The minimum atomic E-state index is -8.46. The zero-order chi connectivity index (χ0) is 32.9. The van der Waals surface area contributed by atoms with E-state index in [2.05, 4.69) is 9.72 Å². The number of nitrogens with zero attached hydrogens (tertiary/aromatic N) is 1. The van der Waals surface area contributed by atoms with Crippen molar-refractivity contribution in [2.24, 2.45) is 0 Å². The van der Waals surface area contributed by atoms with Crippen LogP contribution in [0.3, 0.4) is 0 Å². The Morgan fingerprint density at radius 1 is 0.738 bits per heavy atom. The summed E-state index contributed by atoms with van der Waals surface area (Å²) in [5.74, 6) is -50.4. The first-order chi connectivity index (χ1) is 18.8. The second-order valence-electron chi connectivity index (χ2n) is 9.01. The van der Waals surface area contributed by atoms with Gasteiger partial charge >= 0.3 is 47.7 Å². The second kappa shape index (κ2) is 10.8. The van der Waals surface area contributed by atoms with Gasteiger partial charge in [-0.3, -0.25) is 0 Å². The van der Waals surface area contributed by atoms with E-state index in [-0.39, 0.29) is 5.56 Å². The molecular formula is C24H18F15NO2. The van der Waals surface area contributed by atoms with Crippen molar-refractivity contribution in [1.29, 1.82) is 0 Å². The fourth-order valence-electron chi connectivity index (χ4n) is 3.52. The fraction of sp³-hybridized carbons (Fsp3) is 0.500. The van der Waals surface area contributed by atoms with E-state index in [1.165, 1.54) is 26.8 Å². The molecule has 1 aromatic heterocycles. The lowest BCUT2D eigenvalue weighted by molar-refractivity contribution is -0.454. The Morgan fingerprint density at radius 2 is 1.19 bits per heavy atom. The highest BCUT2D eigenvalue weighted by Gasteiger charge is 2.93. The van der Waals surface area contributed by atoms with Crippen LogP contribution in [-0.2, 0) is 10.7 Å². The third kappa shape index (κ3) is 5.14. The number of rotatable bonds is 10. The summed E-state index contributed by atoms with van der Waals surface area (Å²) in [5, 5.41) is 0. The number of hydrogen-bond donors (Lipinski definition) is 0. The van der Waals surface area contributed by atoms with Crippen molar-refractivity contribution in [3.63, 3.8) is 0 Å². The number of carbonyl (C=O) groups excluding carboxylic acids is 1. The third-order valence-corrected chi connectivity index (χ3v) is 5.85. The normalized spacial score (nSPS) is 14.4. The molecule has 0 saturated heterocycles. The van der Waals surface area contributed by atoms with Crippen molar-refractivity contribution < 1.29 is 75.4 Å². The number of esters is 1. The molecule has 0 aliphatic heterocycles. The molecule has 2 rings (SSSR count). The van der Waals surface area contributed by atoms with Crippen LogP contribution in [0.1, 0.15) is 48.4 Å². The lowest BCUT2D eigenvalue weighted by Gasteiger charge is -2.41. The summed E-state index contributed by atoms with van der Waals surface area (Å²) in [6, 6.07) is 5.76. The molecule has 0 atom stereocenters. The first-order valence-electron chi connectivity index (χ1n) is 11.4. The zero-order valence-electron chi connectivity index (χ0n) is 21.2. The first-order valence-corrected chi connectivity index (χ1v) is 11.4. The summed E-state index contributed by atoms with van der Waals surface area (Å²) in [4.78, 5) is 15.3. The molecule has 0 unspecified atom stereocenters. The van der Waals surface area contributed by atoms with E-state index < -0.39 is 82.7 Å². The van der Waals surface area contributed by atoms with Gasteiger partial charge < -0.3 is 4.74 Å².